The second-order valence-electron chi connectivity index (χ2n) is 4.85. The summed E-state index contributed by atoms with van der Waals surface area (Å²) in [7, 11) is 1.72. The van der Waals surface area contributed by atoms with Crippen molar-refractivity contribution in [2.75, 3.05) is 0 Å². The topological polar surface area (TPSA) is 42.5 Å². The van der Waals surface area contributed by atoms with Gasteiger partial charge in [-0.2, -0.15) is 4.39 Å². The molecule has 0 aliphatic carbocycles. The Balaban J connectivity index is 2.14. The van der Waals surface area contributed by atoms with Crippen molar-refractivity contribution in [3.8, 4) is 0 Å². The fourth-order valence-corrected chi connectivity index (χ4v) is 2.62. The zero-order chi connectivity index (χ0) is 13.6. The third kappa shape index (κ3) is 1.94. The molecular formula is C13H12ClFN4. The summed E-state index contributed by atoms with van der Waals surface area (Å²) >= 11 is 5.99. The van der Waals surface area contributed by atoms with Gasteiger partial charge in [0.25, 0.3) is 0 Å². The van der Waals surface area contributed by atoms with Crippen LogP contribution in [0.1, 0.15) is 18.9 Å². The molecule has 4 nitrogen and oxygen atoms in total. The van der Waals surface area contributed by atoms with E-state index in [0.717, 1.165) is 11.1 Å². The Kier molecular flexibility index (Phi) is 2.67. The molecule has 0 spiro atoms. The van der Waals surface area contributed by atoms with Gasteiger partial charge in [-0.1, -0.05) is 17.7 Å². The van der Waals surface area contributed by atoms with Crippen molar-refractivity contribution in [1.29, 1.82) is 0 Å². The van der Waals surface area contributed by atoms with Crippen molar-refractivity contribution >= 4 is 34.0 Å². The second kappa shape index (κ2) is 4.13. The van der Waals surface area contributed by atoms with E-state index in [1.165, 1.54) is 11.0 Å². The van der Waals surface area contributed by atoms with E-state index in [4.69, 9.17) is 11.6 Å². The third-order valence-electron chi connectivity index (χ3n) is 3.46. The zero-order valence-electron chi connectivity index (χ0n) is 10.6. The van der Waals surface area contributed by atoms with Crippen LogP contribution in [0.25, 0.3) is 10.9 Å². The summed E-state index contributed by atoms with van der Waals surface area (Å²) < 4.78 is 15.1. The smallest absolute Gasteiger partial charge is 0.240 e. The van der Waals surface area contributed by atoms with Gasteiger partial charge in [-0.3, -0.25) is 9.67 Å². The molecule has 1 aromatic carbocycles. The van der Waals surface area contributed by atoms with Gasteiger partial charge in [0, 0.05) is 13.5 Å². The minimum absolute atomic E-state index is 0.457. The molecule has 2 heterocycles. The molecule has 0 amide bonds. The first kappa shape index (κ1) is 12.3. The van der Waals surface area contributed by atoms with E-state index in [1.807, 2.05) is 19.1 Å². The van der Waals surface area contributed by atoms with Gasteiger partial charge in [0.1, 0.15) is 11.5 Å². The molecule has 0 radical (unpaired) electrons. The summed E-state index contributed by atoms with van der Waals surface area (Å²) in [4.78, 5) is 8.35. The van der Waals surface area contributed by atoms with Crippen molar-refractivity contribution in [3.05, 3.63) is 29.7 Å². The third-order valence-corrected chi connectivity index (χ3v) is 3.69. The first-order valence-corrected chi connectivity index (χ1v) is 6.26. The van der Waals surface area contributed by atoms with Crippen molar-refractivity contribution in [3.63, 3.8) is 0 Å². The molecule has 0 saturated heterocycles. The fourth-order valence-electron chi connectivity index (χ4n) is 2.32. The summed E-state index contributed by atoms with van der Waals surface area (Å²) in [5, 5.41) is 4.81. The van der Waals surface area contributed by atoms with Crippen LogP contribution in [0.5, 0.6) is 0 Å². The number of benzene rings is 1. The highest BCUT2D eigenvalue weighted by Crippen LogP contribution is 2.34. The number of fused-ring (bicyclic) bond motifs is 1. The minimum atomic E-state index is -0.465. The molecule has 1 aliphatic rings. The van der Waals surface area contributed by atoms with Crippen LogP contribution in [0.3, 0.4) is 0 Å². The quantitative estimate of drug-likeness (QED) is 0.791. The average molecular weight is 279 g/mol. The standard InChI is InChI=1S/C13H12ClFN4/c1-13(6-11(14)16-7-17-13)8-3-4-9-10(5-8)19(2)18-12(9)15/h3-5,7H,6H2,1-2H3. The van der Waals surface area contributed by atoms with Crippen LogP contribution in [0, 0.1) is 5.95 Å². The van der Waals surface area contributed by atoms with Crippen LogP contribution in [-0.4, -0.2) is 21.3 Å². The first-order chi connectivity index (χ1) is 8.99. The predicted octanol–water partition coefficient (Wildman–Crippen LogP) is 3.00. The highest BCUT2D eigenvalue weighted by atomic mass is 35.5. The number of aromatic nitrogens is 2. The molecule has 6 heteroatoms. The highest BCUT2D eigenvalue weighted by molar-refractivity contribution is 6.66. The summed E-state index contributed by atoms with van der Waals surface area (Å²) in [6.45, 7) is 1.98. The molecule has 0 saturated carbocycles. The lowest BCUT2D eigenvalue weighted by atomic mass is 9.88. The van der Waals surface area contributed by atoms with Crippen LogP contribution in [0.4, 0.5) is 4.39 Å². The lowest BCUT2D eigenvalue weighted by Gasteiger charge is -2.26. The van der Waals surface area contributed by atoms with E-state index < -0.39 is 11.5 Å². The number of hydrogen-bond donors (Lipinski definition) is 0. The van der Waals surface area contributed by atoms with Gasteiger partial charge in [-0.05, 0) is 24.6 Å². The molecule has 3 rings (SSSR count). The number of aliphatic imine (C=N–C) groups is 2. The molecule has 0 N–H and O–H groups in total. The van der Waals surface area contributed by atoms with E-state index in [2.05, 4.69) is 15.1 Å². The van der Waals surface area contributed by atoms with Gasteiger partial charge in [-0.25, -0.2) is 4.99 Å². The Morgan fingerprint density at radius 2 is 2.21 bits per heavy atom. The van der Waals surface area contributed by atoms with E-state index in [1.54, 1.807) is 13.1 Å². The van der Waals surface area contributed by atoms with E-state index in [-0.39, 0.29) is 0 Å². The fraction of sp³-hybridized carbons (Fsp3) is 0.308. The lowest BCUT2D eigenvalue weighted by Crippen LogP contribution is -2.24. The molecule has 0 fully saturated rings. The normalized spacial score (nSPS) is 22.8. The molecule has 2 aromatic rings. The Labute approximate surface area is 114 Å². The van der Waals surface area contributed by atoms with Crippen molar-refractivity contribution in [1.82, 2.24) is 9.78 Å². The molecule has 1 aliphatic heterocycles. The van der Waals surface area contributed by atoms with Crippen molar-refractivity contribution in [2.24, 2.45) is 17.0 Å². The maximum absolute atomic E-state index is 13.5. The highest BCUT2D eigenvalue weighted by Gasteiger charge is 2.29. The van der Waals surface area contributed by atoms with Crippen LogP contribution in [0.2, 0.25) is 0 Å². The lowest BCUT2D eigenvalue weighted by molar-refractivity contribution is 0.520. The van der Waals surface area contributed by atoms with Gasteiger partial charge in [-0.15, -0.1) is 5.10 Å². The Morgan fingerprint density at radius 1 is 1.42 bits per heavy atom. The Hall–Kier alpha value is -1.75. The number of aryl methyl sites for hydroxylation is 1. The second-order valence-corrected chi connectivity index (χ2v) is 5.28. The first-order valence-electron chi connectivity index (χ1n) is 5.88. The number of hydrogen-bond acceptors (Lipinski definition) is 3. The van der Waals surface area contributed by atoms with Crippen molar-refractivity contribution < 1.29 is 4.39 Å². The Bertz CT molecular complexity index is 719. The number of nitrogens with zero attached hydrogens (tertiary/aromatic N) is 4. The van der Waals surface area contributed by atoms with Crippen LogP contribution >= 0.6 is 11.6 Å². The monoisotopic (exact) mass is 278 g/mol. The summed E-state index contributed by atoms with van der Waals surface area (Å²) in [6.07, 6.45) is 2.01. The van der Waals surface area contributed by atoms with Crippen LogP contribution < -0.4 is 0 Å². The van der Waals surface area contributed by atoms with E-state index in [9.17, 15) is 4.39 Å². The SMILES string of the molecule is Cn1nc(F)c2ccc(C3(C)CC(Cl)=NC=N3)cc21. The molecule has 1 atom stereocenters. The molecular weight excluding hydrogens is 267 g/mol. The molecule has 1 unspecified atom stereocenters. The molecule has 1 aromatic heterocycles. The summed E-state index contributed by atoms with van der Waals surface area (Å²) in [6, 6.07) is 5.49. The maximum atomic E-state index is 13.5. The van der Waals surface area contributed by atoms with Gasteiger partial charge in [0.2, 0.25) is 5.95 Å². The maximum Gasteiger partial charge on any atom is 0.240 e. The Morgan fingerprint density at radius 3 is 2.95 bits per heavy atom. The van der Waals surface area contributed by atoms with E-state index in [0.29, 0.717) is 17.0 Å². The summed E-state index contributed by atoms with van der Waals surface area (Å²) in [5.74, 6) is -0.457. The zero-order valence-corrected chi connectivity index (χ0v) is 11.3. The number of rotatable bonds is 1. The largest absolute Gasteiger partial charge is 0.265 e. The number of halogens is 2. The van der Waals surface area contributed by atoms with Crippen LogP contribution in [0.15, 0.2) is 28.2 Å². The molecule has 98 valence electrons. The van der Waals surface area contributed by atoms with E-state index >= 15 is 0 Å². The molecule has 0 bridgehead atoms. The van der Waals surface area contributed by atoms with Gasteiger partial charge in [0.05, 0.1) is 16.4 Å². The minimum Gasteiger partial charge on any atom is -0.265 e. The van der Waals surface area contributed by atoms with Crippen LogP contribution in [-0.2, 0) is 12.6 Å². The molecule has 19 heavy (non-hydrogen) atoms. The average Bonchev–Trinajstić information content (AvgIpc) is 2.64. The predicted molar refractivity (Wildman–Crippen MR) is 74.4 cm³/mol. The summed E-state index contributed by atoms with van der Waals surface area (Å²) in [5.41, 5.74) is 1.24. The van der Waals surface area contributed by atoms with Gasteiger partial charge < -0.3 is 0 Å². The van der Waals surface area contributed by atoms with Crippen molar-refractivity contribution in [2.45, 2.75) is 18.9 Å². The van der Waals surface area contributed by atoms with Gasteiger partial charge in [0.15, 0.2) is 0 Å². The van der Waals surface area contributed by atoms with Gasteiger partial charge >= 0.3 is 0 Å².